The van der Waals surface area contributed by atoms with Gasteiger partial charge in [0.2, 0.25) is 0 Å². The summed E-state index contributed by atoms with van der Waals surface area (Å²) in [4.78, 5) is 24.2. The van der Waals surface area contributed by atoms with Crippen LogP contribution in [0.4, 0.5) is 10.6 Å². The number of rotatable bonds is 4. The maximum absolute atomic E-state index is 13.0. The zero-order chi connectivity index (χ0) is 20.2. The molecule has 154 valence electrons. The van der Waals surface area contributed by atoms with Crippen LogP contribution in [-0.2, 0) is 6.54 Å². The van der Waals surface area contributed by atoms with E-state index in [-0.39, 0.29) is 12.1 Å². The molecule has 1 atom stereocenters. The van der Waals surface area contributed by atoms with Gasteiger partial charge in [-0.05, 0) is 38.4 Å². The first-order valence-electron chi connectivity index (χ1n) is 10.6. The van der Waals surface area contributed by atoms with E-state index in [1.807, 2.05) is 17.2 Å². The van der Waals surface area contributed by atoms with Crippen LogP contribution in [0.3, 0.4) is 0 Å². The van der Waals surface area contributed by atoms with E-state index in [2.05, 4.69) is 64.4 Å². The molecular formula is C23H31N5O. The molecule has 2 amide bonds. The first-order chi connectivity index (χ1) is 14.1. The van der Waals surface area contributed by atoms with Gasteiger partial charge < -0.3 is 20.0 Å². The molecule has 6 nitrogen and oxygen atoms in total. The van der Waals surface area contributed by atoms with Gasteiger partial charge in [-0.3, -0.25) is 0 Å². The minimum Gasteiger partial charge on any atom is -0.354 e. The van der Waals surface area contributed by atoms with Crippen LogP contribution < -0.4 is 10.2 Å². The first-order valence-corrected chi connectivity index (χ1v) is 10.6. The van der Waals surface area contributed by atoms with Gasteiger partial charge in [0.1, 0.15) is 5.82 Å². The van der Waals surface area contributed by atoms with Gasteiger partial charge in [-0.25, -0.2) is 9.78 Å². The van der Waals surface area contributed by atoms with Crippen molar-refractivity contribution in [3.8, 4) is 0 Å². The molecule has 0 bridgehead atoms. The molecule has 1 N–H and O–H groups in total. The minimum absolute atomic E-state index is 0.0151. The third-order valence-electron chi connectivity index (χ3n) is 6.08. The van der Waals surface area contributed by atoms with Crippen LogP contribution >= 0.6 is 0 Å². The molecule has 0 spiro atoms. The summed E-state index contributed by atoms with van der Waals surface area (Å²) in [7, 11) is 2.15. The summed E-state index contributed by atoms with van der Waals surface area (Å²) in [5.41, 5.74) is 3.55. The van der Waals surface area contributed by atoms with Gasteiger partial charge in [0.05, 0.1) is 6.04 Å². The molecule has 4 rings (SSSR count). The number of pyridine rings is 1. The van der Waals surface area contributed by atoms with Crippen molar-refractivity contribution in [1.29, 1.82) is 0 Å². The molecule has 1 aromatic heterocycles. The molecule has 2 aromatic rings. The van der Waals surface area contributed by atoms with Crippen LogP contribution in [0.1, 0.15) is 35.6 Å². The van der Waals surface area contributed by atoms with E-state index in [4.69, 9.17) is 0 Å². The number of piperazine rings is 1. The van der Waals surface area contributed by atoms with Gasteiger partial charge in [0.15, 0.2) is 0 Å². The average Bonchev–Trinajstić information content (AvgIpc) is 3.23. The maximum atomic E-state index is 13.0. The van der Waals surface area contributed by atoms with Crippen molar-refractivity contribution in [1.82, 2.24) is 20.1 Å². The van der Waals surface area contributed by atoms with Gasteiger partial charge in [0, 0.05) is 51.0 Å². The second kappa shape index (κ2) is 8.82. The minimum atomic E-state index is 0.0151. The molecule has 1 aromatic carbocycles. The number of benzene rings is 1. The molecule has 29 heavy (non-hydrogen) atoms. The van der Waals surface area contributed by atoms with Crippen LogP contribution in [0.2, 0.25) is 0 Å². The molecule has 0 saturated carbocycles. The molecule has 0 radical (unpaired) electrons. The molecular weight excluding hydrogens is 362 g/mol. The Labute approximate surface area is 173 Å². The number of aromatic nitrogens is 1. The van der Waals surface area contributed by atoms with Crippen molar-refractivity contribution in [2.45, 2.75) is 32.4 Å². The largest absolute Gasteiger partial charge is 0.354 e. The lowest BCUT2D eigenvalue weighted by Gasteiger charge is -2.34. The summed E-state index contributed by atoms with van der Waals surface area (Å²) >= 11 is 0. The van der Waals surface area contributed by atoms with Crippen LogP contribution in [0.25, 0.3) is 0 Å². The average molecular weight is 394 g/mol. The Morgan fingerprint density at radius 3 is 2.62 bits per heavy atom. The molecule has 2 aliphatic heterocycles. The number of hydrogen-bond donors (Lipinski definition) is 1. The summed E-state index contributed by atoms with van der Waals surface area (Å²) in [5.74, 6) is 0.998. The number of amides is 2. The van der Waals surface area contributed by atoms with Crippen LogP contribution in [0, 0.1) is 6.92 Å². The number of hydrogen-bond acceptors (Lipinski definition) is 4. The number of likely N-dealkylation sites (N-methyl/N-ethyl adjacent to an activating group) is 1. The summed E-state index contributed by atoms with van der Waals surface area (Å²) in [6, 6.07) is 12.8. The van der Waals surface area contributed by atoms with Crippen molar-refractivity contribution >= 4 is 11.8 Å². The van der Waals surface area contributed by atoms with Crippen LogP contribution in [-0.4, -0.2) is 60.6 Å². The molecule has 2 aliphatic rings. The lowest BCUT2D eigenvalue weighted by Crippen LogP contribution is -2.45. The summed E-state index contributed by atoms with van der Waals surface area (Å²) < 4.78 is 0. The van der Waals surface area contributed by atoms with E-state index in [9.17, 15) is 4.79 Å². The zero-order valence-corrected chi connectivity index (χ0v) is 17.5. The fourth-order valence-corrected chi connectivity index (χ4v) is 4.29. The summed E-state index contributed by atoms with van der Waals surface area (Å²) in [6.45, 7) is 7.41. The Bertz CT molecular complexity index is 829. The lowest BCUT2D eigenvalue weighted by atomic mass is 10.0. The summed E-state index contributed by atoms with van der Waals surface area (Å²) in [5, 5.41) is 3.15. The standard InChI is InChI=1S/C23H31N5O/c1-18-7-9-19(10-8-18)21-6-4-12-28(21)23(29)25-17-20-5-3-11-24-22(20)27-15-13-26(2)14-16-27/h3,5,7-11,21H,4,6,12-17H2,1-2H3,(H,25,29). The van der Waals surface area contributed by atoms with Gasteiger partial charge in [-0.2, -0.15) is 0 Å². The Balaban J connectivity index is 1.41. The quantitative estimate of drug-likeness (QED) is 0.867. The third-order valence-corrected chi connectivity index (χ3v) is 6.08. The predicted octanol–water partition coefficient (Wildman–Crippen LogP) is 3.19. The molecule has 3 heterocycles. The van der Waals surface area contributed by atoms with Crippen molar-refractivity contribution in [3.05, 3.63) is 59.3 Å². The normalized spacial score (nSPS) is 20.1. The Morgan fingerprint density at radius 1 is 1.10 bits per heavy atom. The topological polar surface area (TPSA) is 51.7 Å². The highest BCUT2D eigenvalue weighted by molar-refractivity contribution is 5.75. The number of nitrogens with zero attached hydrogens (tertiary/aromatic N) is 4. The van der Waals surface area contributed by atoms with E-state index in [0.717, 1.165) is 56.9 Å². The third kappa shape index (κ3) is 4.53. The number of likely N-dealkylation sites (tertiary alicyclic amines) is 1. The Hall–Kier alpha value is -2.60. The molecule has 1 unspecified atom stereocenters. The van der Waals surface area contributed by atoms with Crippen LogP contribution in [0.5, 0.6) is 0 Å². The molecule has 0 aliphatic carbocycles. The van der Waals surface area contributed by atoms with E-state index >= 15 is 0 Å². The highest BCUT2D eigenvalue weighted by Crippen LogP contribution is 2.32. The van der Waals surface area contributed by atoms with Gasteiger partial charge in [-0.1, -0.05) is 35.9 Å². The molecule has 2 fully saturated rings. The molecule has 2 saturated heterocycles. The molecule has 6 heteroatoms. The van der Waals surface area contributed by atoms with Crippen molar-refractivity contribution in [2.24, 2.45) is 0 Å². The number of nitrogens with one attached hydrogen (secondary N) is 1. The van der Waals surface area contributed by atoms with Gasteiger partial charge in [0.25, 0.3) is 0 Å². The number of urea groups is 1. The SMILES string of the molecule is Cc1ccc(C2CCCN2C(=O)NCc2cccnc2N2CCN(C)CC2)cc1. The lowest BCUT2D eigenvalue weighted by molar-refractivity contribution is 0.192. The van der Waals surface area contributed by atoms with Crippen molar-refractivity contribution < 1.29 is 4.79 Å². The number of anilines is 1. The van der Waals surface area contributed by atoms with E-state index < -0.39 is 0 Å². The van der Waals surface area contributed by atoms with Crippen molar-refractivity contribution in [2.75, 3.05) is 44.7 Å². The fourth-order valence-electron chi connectivity index (χ4n) is 4.29. The number of carbonyl (C=O) groups is 1. The Morgan fingerprint density at radius 2 is 1.86 bits per heavy atom. The van der Waals surface area contributed by atoms with E-state index in [0.29, 0.717) is 6.54 Å². The highest BCUT2D eigenvalue weighted by Gasteiger charge is 2.30. The fraction of sp³-hybridized carbons (Fsp3) is 0.478. The monoisotopic (exact) mass is 393 g/mol. The smallest absolute Gasteiger partial charge is 0.318 e. The highest BCUT2D eigenvalue weighted by atomic mass is 16.2. The van der Waals surface area contributed by atoms with E-state index in [1.54, 1.807) is 0 Å². The second-order valence-corrected chi connectivity index (χ2v) is 8.20. The maximum Gasteiger partial charge on any atom is 0.318 e. The zero-order valence-electron chi connectivity index (χ0n) is 17.5. The second-order valence-electron chi connectivity index (χ2n) is 8.20. The van der Waals surface area contributed by atoms with E-state index in [1.165, 1.54) is 11.1 Å². The van der Waals surface area contributed by atoms with Gasteiger partial charge in [-0.15, -0.1) is 0 Å². The predicted molar refractivity (Wildman–Crippen MR) is 116 cm³/mol. The Kier molecular flexibility index (Phi) is 6.00. The van der Waals surface area contributed by atoms with Gasteiger partial charge >= 0.3 is 6.03 Å². The summed E-state index contributed by atoms with van der Waals surface area (Å²) in [6.07, 6.45) is 3.91. The van der Waals surface area contributed by atoms with Crippen LogP contribution in [0.15, 0.2) is 42.6 Å². The number of carbonyl (C=O) groups excluding carboxylic acids is 1. The number of aryl methyl sites for hydroxylation is 1. The first kappa shape index (κ1) is 19.7. The van der Waals surface area contributed by atoms with Crippen molar-refractivity contribution in [3.63, 3.8) is 0 Å².